The van der Waals surface area contributed by atoms with Gasteiger partial charge in [-0.2, -0.15) is 0 Å². The predicted octanol–water partition coefficient (Wildman–Crippen LogP) is 1.15. The summed E-state index contributed by atoms with van der Waals surface area (Å²) in [4.78, 5) is 8.27. The van der Waals surface area contributed by atoms with Crippen LogP contribution in [0.2, 0.25) is 0 Å². The second-order valence-corrected chi connectivity index (χ2v) is 3.75. The summed E-state index contributed by atoms with van der Waals surface area (Å²) in [6.07, 6.45) is 3.04. The lowest BCUT2D eigenvalue weighted by atomic mass is 10.2. The quantitative estimate of drug-likeness (QED) is 0.757. The predicted molar refractivity (Wildman–Crippen MR) is 58.3 cm³/mol. The Morgan fingerprint density at radius 3 is 2.64 bits per heavy atom. The lowest BCUT2D eigenvalue weighted by Crippen LogP contribution is -2.12. The van der Waals surface area contributed by atoms with Crippen molar-refractivity contribution >= 4 is 17.2 Å². The van der Waals surface area contributed by atoms with Gasteiger partial charge in [0.1, 0.15) is 10.7 Å². The van der Waals surface area contributed by atoms with Crippen LogP contribution in [0.25, 0.3) is 0 Å². The normalized spacial score (nSPS) is 10.2. The molecular formula is C9H13N3OS. The van der Waals surface area contributed by atoms with Crippen LogP contribution in [0.3, 0.4) is 0 Å². The van der Waals surface area contributed by atoms with Gasteiger partial charge in [0.25, 0.3) is 0 Å². The largest absolute Gasteiger partial charge is 0.476 e. The van der Waals surface area contributed by atoms with Gasteiger partial charge in [0.05, 0.1) is 19.0 Å². The van der Waals surface area contributed by atoms with Crippen LogP contribution >= 0.6 is 12.2 Å². The standard InChI is InChI=1S/C9H13N3OS/c1-6(2)5-13-8-4-11-7(3-12-8)9(10)14/h3-4,6H,5H2,1-2H3,(H2,10,14). The molecular weight excluding hydrogens is 198 g/mol. The smallest absolute Gasteiger partial charge is 0.232 e. The first kappa shape index (κ1) is 10.8. The Hall–Kier alpha value is -1.23. The molecule has 0 fully saturated rings. The zero-order valence-corrected chi connectivity index (χ0v) is 9.04. The summed E-state index contributed by atoms with van der Waals surface area (Å²) >= 11 is 4.75. The van der Waals surface area contributed by atoms with Crippen LogP contribution < -0.4 is 10.5 Å². The Balaban J connectivity index is 2.60. The summed E-state index contributed by atoms with van der Waals surface area (Å²) in [5, 5.41) is 0. The van der Waals surface area contributed by atoms with Gasteiger partial charge in [-0.25, -0.2) is 9.97 Å². The third-order valence-corrected chi connectivity index (χ3v) is 1.65. The number of rotatable bonds is 4. The second-order valence-electron chi connectivity index (χ2n) is 3.31. The molecule has 0 amide bonds. The molecule has 14 heavy (non-hydrogen) atoms. The molecule has 0 aliphatic rings. The Labute approximate surface area is 88.5 Å². The molecule has 0 bridgehead atoms. The van der Waals surface area contributed by atoms with Crippen molar-refractivity contribution in [1.82, 2.24) is 9.97 Å². The Bertz CT molecular complexity index is 310. The molecule has 0 spiro atoms. The van der Waals surface area contributed by atoms with Crippen LogP contribution in [0.5, 0.6) is 5.88 Å². The molecule has 0 radical (unpaired) electrons. The first-order valence-corrected chi connectivity index (χ1v) is 4.75. The zero-order chi connectivity index (χ0) is 10.6. The summed E-state index contributed by atoms with van der Waals surface area (Å²) < 4.78 is 5.34. The van der Waals surface area contributed by atoms with E-state index in [1.165, 1.54) is 12.4 Å². The molecule has 0 atom stereocenters. The van der Waals surface area contributed by atoms with Gasteiger partial charge in [0.15, 0.2) is 0 Å². The molecule has 0 aromatic carbocycles. The average molecular weight is 211 g/mol. The van der Waals surface area contributed by atoms with Crippen molar-refractivity contribution in [3.05, 3.63) is 18.1 Å². The fourth-order valence-corrected chi connectivity index (χ4v) is 0.875. The molecule has 76 valence electrons. The minimum atomic E-state index is 0.243. The third-order valence-electron chi connectivity index (χ3n) is 1.45. The highest BCUT2D eigenvalue weighted by molar-refractivity contribution is 7.80. The van der Waals surface area contributed by atoms with Crippen LogP contribution in [0.1, 0.15) is 19.5 Å². The number of nitrogens with two attached hydrogens (primary N) is 1. The minimum absolute atomic E-state index is 0.243. The molecule has 1 rings (SSSR count). The third kappa shape index (κ3) is 3.26. The van der Waals surface area contributed by atoms with Gasteiger partial charge in [-0.05, 0) is 5.92 Å². The first-order chi connectivity index (χ1) is 6.59. The number of thiocarbonyl (C=S) groups is 1. The monoisotopic (exact) mass is 211 g/mol. The SMILES string of the molecule is CC(C)COc1cnc(C(N)=S)cn1. The number of ether oxygens (including phenoxy) is 1. The van der Waals surface area contributed by atoms with E-state index in [0.29, 0.717) is 24.1 Å². The molecule has 0 aliphatic heterocycles. The molecule has 2 N–H and O–H groups in total. The lowest BCUT2D eigenvalue weighted by Gasteiger charge is -2.06. The molecule has 1 aromatic rings. The van der Waals surface area contributed by atoms with Gasteiger partial charge < -0.3 is 10.5 Å². The van der Waals surface area contributed by atoms with Crippen molar-refractivity contribution in [2.75, 3.05) is 6.61 Å². The van der Waals surface area contributed by atoms with Crippen molar-refractivity contribution in [3.63, 3.8) is 0 Å². The van der Waals surface area contributed by atoms with Gasteiger partial charge in [0, 0.05) is 0 Å². The van der Waals surface area contributed by atoms with Crippen LogP contribution in [0, 0.1) is 5.92 Å². The van der Waals surface area contributed by atoms with E-state index < -0.39 is 0 Å². The summed E-state index contributed by atoms with van der Waals surface area (Å²) in [7, 11) is 0. The molecule has 0 saturated heterocycles. The highest BCUT2D eigenvalue weighted by Gasteiger charge is 2.01. The van der Waals surface area contributed by atoms with Crippen LogP contribution in [0.15, 0.2) is 12.4 Å². The van der Waals surface area contributed by atoms with E-state index in [0.717, 1.165) is 0 Å². The fourth-order valence-electron chi connectivity index (χ4n) is 0.770. The summed E-state index contributed by atoms with van der Waals surface area (Å²) in [5.74, 6) is 0.964. The number of hydrogen-bond donors (Lipinski definition) is 1. The number of aromatic nitrogens is 2. The number of hydrogen-bond acceptors (Lipinski definition) is 4. The van der Waals surface area contributed by atoms with Crippen molar-refractivity contribution < 1.29 is 4.74 Å². The van der Waals surface area contributed by atoms with E-state index in [1.54, 1.807) is 0 Å². The molecule has 5 heteroatoms. The molecule has 4 nitrogen and oxygen atoms in total. The Kier molecular flexibility index (Phi) is 3.76. The van der Waals surface area contributed by atoms with Crippen molar-refractivity contribution in [2.45, 2.75) is 13.8 Å². The summed E-state index contributed by atoms with van der Waals surface area (Å²) in [6, 6.07) is 0. The van der Waals surface area contributed by atoms with E-state index >= 15 is 0 Å². The van der Waals surface area contributed by atoms with E-state index in [9.17, 15) is 0 Å². The topological polar surface area (TPSA) is 61.0 Å². The van der Waals surface area contributed by atoms with Gasteiger partial charge in [-0.1, -0.05) is 26.1 Å². The van der Waals surface area contributed by atoms with Crippen LogP contribution in [-0.2, 0) is 0 Å². The van der Waals surface area contributed by atoms with E-state index in [-0.39, 0.29) is 4.99 Å². The van der Waals surface area contributed by atoms with Crippen molar-refractivity contribution in [3.8, 4) is 5.88 Å². The molecule has 0 unspecified atom stereocenters. The number of nitrogens with zero attached hydrogens (tertiary/aromatic N) is 2. The van der Waals surface area contributed by atoms with Crippen molar-refractivity contribution in [1.29, 1.82) is 0 Å². The molecule has 0 aliphatic carbocycles. The maximum atomic E-state index is 5.37. The summed E-state index contributed by atoms with van der Waals surface area (Å²) in [6.45, 7) is 4.76. The molecule has 0 saturated carbocycles. The van der Waals surface area contributed by atoms with E-state index in [2.05, 4.69) is 23.8 Å². The molecule has 1 aromatic heterocycles. The highest BCUT2D eigenvalue weighted by atomic mass is 32.1. The summed E-state index contributed by atoms with van der Waals surface area (Å²) in [5.41, 5.74) is 5.89. The second kappa shape index (κ2) is 4.85. The maximum absolute atomic E-state index is 5.37. The van der Waals surface area contributed by atoms with Crippen LogP contribution in [0.4, 0.5) is 0 Å². The van der Waals surface area contributed by atoms with Gasteiger partial charge in [-0.3, -0.25) is 0 Å². The minimum Gasteiger partial charge on any atom is -0.476 e. The Morgan fingerprint density at radius 1 is 1.50 bits per heavy atom. The van der Waals surface area contributed by atoms with Gasteiger partial charge >= 0.3 is 0 Å². The molecule has 1 heterocycles. The van der Waals surface area contributed by atoms with Crippen molar-refractivity contribution in [2.24, 2.45) is 11.7 Å². The highest BCUT2D eigenvalue weighted by Crippen LogP contribution is 2.05. The van der Waals surface area contributed by atoms with Gasteiger partial charge in [0.2, 0.25) is 5.88 Å². The van der Waals surface area contributed by atoms with Crippen LogP contribution in [-0.4, -0.2) is 21.6 Å². The maximum Gasteiger partial charge on any atom is 0.232 e. The fraction of sp³-hybridized carbons (Fsp3) is 0.444. The zero-order valence-electron chi connectivity index (χ0n) is 8.23. The van der Waals surface area contributed by atoms with E-state index in [1.807, 2.05) is 0 Å². The lowest BCUT2D eigenvalue weighted by molar-refractivity contribution is 0.260. The first-order valence-electron chi connectivity index (χ1n) is 4.34. The average Bonchev–Trinajstić information content (AvgIpc) is 2.15. The Morgan fingerprint density at radius 2 is 2.21 bits per heavy atom. The van der Waals surface area contributed by atoms with E-state index in [4.69, 9.17) is 22.7 Å². The van der Waals surface area contributed by atoms with Gasteiger partial charge in [-0.15, -0.1) is 0 Å².